The highest BCUT2D eigenvalue weighted by Crippen LogP contribution is 2.56. The summed E-state index contributed by atoms with van der Waals surface area (Å²) in [6.45, 7) is 0.658. The Morgan fingerprint density at radius 1 is 1.14 bits per heavy atom. The van der Waals surface area contributed by atoms with Crippen LogP contribution < -0.4 is 20.3 Å². The van der Waals surface area contributed by atoms with E-state index in [0.717, 1.165) is 12.8 Å². The van der Waals surface area contributed by atoms with Crippen LogP contribution in [0.5, 0.6) is 5.75 Å². The summed E-state index contributed by atoms with van der Waals surface area (Å²) in [5, 5.41) is 8.41. The molecule has 2 heterocycles. The molecule has 9 nitrogen and oxygen atoms in total. The highest BCUT2D eigenvalue weighted by molar-refractivity contribution is 6.54. The second-order valence-corrected chi connectivity index (χ2v) is 9.80. The molecular weight excluding hydrogens is 477 g/mol. The van der Waals surface area contributed by atoms with Crippen molar-refractivity contribution in [2.45, 2.75) is 32.1 Å². The molecule has 0 bridgehead atoms. The van der Waals surface area contributed by atoms with Gasteiger partial charge < -0.3 is 20.3 Å². The predicted molar refractivity (Wildman–Crippen MR) is 137 cm³/mol. The molecule has 1 aliphatic carbocycles. The summed E-state index contributed by atoms with van der Waals surface area (Å²) in [5.74, 6) is -2.38. The second kappa shape index (κ2) is 9.42. The third-order valence-electron chi connectivity index (χ3n) is 7.45. The molecule has 3 N–H and O–H groups in total. The van der Waals surface area contributed by atoms with E-state index < -0.39 is 29.0 Å². The van der Waals surface area contributed by atoms with Crippen molar-refractivity contribution in [2.75, 3.05) is 30.0 Å². The Morgan fingerprint density at radius 2 is 1.86 bits per heavy atom. The third kappa shape index (κ3) is 4.47. The van der Waals surface area contributed by atoms with E-state index >= 15 is 4.39 Å². The second-order valence-electron chi connectivity index (χ2n) is 9.80. The summed E-state index contributed by atoms with van der Waals surface area (Å²) in [6.07, 6.45) is 3.31. The van der Waals surface area contributed by atoms with Crippen molar-refractivity contribution in [3.63, 3.8) is 0 Å². The zero-order valence-corrected chi connectivity index (χ0v) is 20.5. The van der Waals surface area contributed by atoms with E-state index in [9.17, 15) is 14.4 Å². The van der Waals surface area contributed by atoms with E-state index in [4.69, 9.17) is 15.9 Å². The van der Waals surface area contributed by atoms with Crippen LogP contribution in [0.1, 0.15) is 32.1 Å². The first-order chi connectivity index (χ1) is 17.7. The minimum Gasteiger partial charge on any atom is -0.497 e. The molecule has 3 amide bonds. The van der Waals surface area contributed by atoms with E-state index in [1.807, 2.05) is 0 Å². The third-order valence-corrected chi connectivity index (χ3v) is 7.45. The molecule has 2 aromatic carbocycles. The van der Waals surface area contributed by atoms with Gasteiger partial charge in [0.15, 0.2) is 0 Å². The van der Waals surface area contributed by atoms with Crippen LogP contribution in [0.2, 0.25) is 0 Å². The lowest BCUT2D eigenvalue weighted by atomic mass is 9.76. The molecule has 2 saturated heterocycles. The molecule has 0 aromatic heterocycles. The number of rotatable bonds is 6. The lowest BCUT2D eigenvalue weighted by molar-refractivity contribution is -0.119. The number of halogens is 1. The number of aliphatic imine (C=N–C) groups is 1. The summed E-state index contributed by atoms with van der Waals surface area (Å²) in [7, 11) is 1.54. The average molecular weight is 506 g/mol. The van der Waals surface area contributed by atoms with Crippen LogP contribution in [0.3, 0.4) is 0 Å². The van der Waals surface area contributed by atoms with Gasteiger partial charge in [0, 0.05) is 30.6 Å². The summed E-state index contributed by atoms with van der Waals surface area (Å²) in [6, 6.07) is 11.1. The number of piperidine rings is 2. The fourth-order valence-corrected chi connectivity index (χ4v) is 5.28. The molecule has 10 heteroatoms. The maximum atomic E-state index is 15.3. The number of ether oxygens (including phenoxy) is 1. The van der Waals surface area contributed by atoms with Crippen LogP contribution in [0.25, 0.3) is 0 Å². The number of hydrogen-bond donors (Lipinski definition) is 2. The smallest absolute Gasteiger partial charge is 0.273 e. The number of carbonyl (C=O) groups is 3. The minimum absolute atomic E-state index is 0.0217. The van der Waals surface area contributed by atoms with Crippen LogP contribution in [-0.4, -0.2) is 49.3 Å². The number of nitrogens with two attached hydrogens (primary N) is 1. The van der Waals surface area contributed by atoms with Crippen LogP contribution >= 0.6 is 0 Å². The lowest BCUT2D eigenvalue weighted by Gasteiger charge is -2.39. The van der Waals surface area contributed by atoms with Gasteiger partial charge in [-0.05, 0) is 68.1 Å². The van der Waals surface area contributed by atoms with Gasteiger partial charge in [-0.25, -0.2) is 9.38 Å². The van der Waals surface area contributed by atoms with E-state index in [1.165, 1.54) is 29.0 Å². The van der Waals surface area contributed by atoms with Crippen molar-refractivity contribution in [2.24, 2.45) is 22.1 Å². The summed E-state index contributed by atoms with van der Waals surface area (Å²) >= 11 is 0. The largest absolute Gasteiger partial charge is 0.497 e. The molecule has 5 rings (SSSR count). The van der Waals surface area contributed by atoms with Crippen molar-refractivity contribution in [3.8, 4) is 5.75 Å². The summed E-state index contributed by atoms with van der Waals surface area (Å²) in [5.41, 5.74) is 5.53. The molecule has 3 fully saturated rings. The van der Waals surface area contributed by atoms with Gasteiger partial charge in [0.2, 0.25) is 5.91 Å². The molecule has 3 aliphatic rings. The number of primary amides is 1. The molecule has 1 atom stereocenters. The Kier molecular flexibility index (Phi) is 6.26. The number of nitrogens with zero attached hydrogens (tertiary/aromatic N) is 3. The van der Waals surface area contributed by atoms with Gasteiger partial charge in [-0.2, -0.15) is 0 Å². The highest BCUT2D eigenvalue weighted by atomic mass is 19.1. The first-order valence-electron chi connectivity index (χ1n) is 12.3. The molecule has 1 unspecified atom stereocenters. The zero-order valence-electron chi connectivity index (χ0n) is 20.5. The molecule has 1 spiro atoms. The van der Waals surface area contributed by atoms with Crippen LogP contribution in [0.15, 0.2) is 47.5 Å². The topological polar surface area (TPSA) is 129 Å². The monoisotopic (exact) mass is 505 g/mol. The maximum Gasteiger partial charge on any atom is 0.273 e. The van der Waals surface area contributed by atoms with E-state index in [0.29, 0.717) is 42.9 Å². The number of methoxy groups -OCH3 is 1. The van der Waals surface area contributed by atoms with Gasteiger partial charge in [0.25, 0.3) is 11.8 Å². The number of amides is 3. The molecule has 2 aliphatic heterocycles. The van der Waals surface area contributed by atoms with Crippen molar-refractivity contribution in [1.82, 2.24) is 0 Å². The first kappa shape index (κ1) is 24.6. The van der Waals surface area contributed by atoms with Crippen LogP contribution in [0, 0.1) is 22.6 Å². The Hall–Kier alpha value is -4.08. The number of nitrogens with one attached hydrogen (secondary N) is 1. The Labute approximate surface area is 213 Å². The minimum atomic E-state index is -0.901. The summed E-state index contributed by atoms with van der Waals surface area (Å²) < 4.78 is 20.4. The fourth-order valence-electron chi connectivity index (χ4n) is 5.28. The van der Waals surface area contributed by atoms with Crippen LogP contribution in [0.4, 0.5) is 21.5 Å². The molecule has 37 heavy (non-hydrogen) atoms. The van der Waals surface area contributed by atoms with Gasteiger partial charge in [-0.3, -0.25) is 19.8 Å². The van der Waals surface area contributed by atoms with Crippen molar-refractivity contribution in [3.05, 3.63) is 48.3 Å². The van der Waals surface area contributed by atoms with E-state index in [2.05, 4.69) is 4.99 Å². The SMILES string of the molecule is COc1ccc(N=C2C(=O)N(c3ccc(N4CCCCC4=O)c(F)c3)CC3(CC3)C2C(=N)C(N)=O)cc1. The van der Waals surface area contributed by atoms with Crippen molar-refractivity contribution in [1.29, 1.82) is 5.41 Å². The molecule has 192 valence electrons. The molecule has 1 saturated carbocycles. The van der Waals surface area contributed by atoms with Crippen molar-refractivity contribution >= 4 is 46.2 Å². The predicted octanol–water partition coefficient (Wildman–Crippen LogP) is 3.37. The van der Waals surface area contributed by atoms with E-state index in [-0.39, 0.29) is 29.6 Å². The van der Waals surface area contributed by atoms with E-state index in [1.54, 1.807) is 30.3 Å². The molecule has 2 aromatic rings. The maximum absolute atomic E-state index is 15.3. The average Bonchev–Trinajstić information content (AvgIpc) is 3.66. The highest BCUT2D eigenvalue weighted by Gasteiger charge is 2.60. The normalized spacial score (nSPS) is 21.9. The number of benzene rings is 2. The zero-order chi connectivity index (χ0) is 26.3. The standard InChI is InChI=1S/C27H28FN5O4/c1-37-18-8-5-16(6-9-18)31-24-22(23(29)25(30)35)27(11-12-27)15-33(26(24)36)17-7-10-20(19(28)14-17)32-13-3-2-4-21(32)34/h5-10,14,22,29H,2-4,11-13,15H2,1H3,(H2,30,35). The number of carbonyl (C=O) groups excluding carboxylic acids is 3. The van der Waals surface area contributed by atoms with Gasteiger partial charge >= 0.3 is 0 Å². The fraction of sp³-hybridized carbons (Fsp3) is 0.370. The Bertz CT molecular complexity index is 1320. The lowest BCUT2D eigenvalue weighted by Crippen LogP contribution is -2.56. The number of hydrogen-bond acceptors (Lipinski definition) is 6. The Morgan fingerprint density at radius 3 is 2.46 bits per heavy atom. The number of anilines is 2. The van der Waals surface area contributed by atoms with Gasteiger partial charge in [0.05, 0.1) is 24.4 Å². The van der Waals surface area contributed by atoms with Gasteiger partial charge in [-0.15, -0.1) is 0 Å². The van der Waals surface area contributed by atoms with Crippen molar-refractivity contribution < 1.29 is 23.5 Å². The van der Waals surface area contributed by atoms with Crippen LogP contribution in [-0.2, 0) is 14.4 Å². The van der Waals surface area contributed by atoms with Gasteiger partial charge in [0.1, 0.15) is 23.0 Å². The first-order valence-corrected chi connectivity index (χ1v) is 12.3. The summed E-state index contributed by atoms with van der Waals surface area (Å²) in [4.78, 5) is 45.6. The molecular formula is C27H28FN5O4. The molecule has 0 radical (unpaired) electrons. The van der Waals surface area contributed by atoms with Gasteiger partial charge in [-0.1, -0.05) is 0 Å². The quantitative estimate of drug-likeness (QED) is 0.583. The Balaban J connectivity index is 1.54.